The third kappa shape index (κ3) is 4.21. The molecule has 5 nitrogen and oxygen atoms in total. The minimum Gasteiger partial charge on any atom is -0.462 e. The molecule has 0 bridgehead atoms. The fourth-order valence-corrected chi connectivity index (χ4v) is 2.16. The second-order valence-corrected chi connectivity index (χ2v) is 4.68. The molecule has 2 heterocycles. The molecule has 2 rings (SSSR count). The summed E-state index contributed by atoms with van der Waals surface area (Å²) in [4.78, 5) is 15.7. The van der Waals surface area contributed by atoms with Gasteiger partial charge in [0.05, 0.1) is 12.2 Å². The van der Waals surface area contributed by atoms with E-state index in [1.54, 1.807) is 19.2 Å². The number of ether oxygens (including phenoxy) is 1. The molecular weight excluding hydrogens is 242 g/mol. The van der Waals surface area contributed by atoms with Crippen molar-refractivity contribution in [3.05, 3.63) is 23.9 Å². The number of pyridine rings is 1. The number of nitrogens with one attached hydrogen (secondary N) is 2. The Balaban J connectivity index is 1.82. The van der Waals surface area contributed by atoms with Gasteiger partial charge in [0.25, 0.3) is 0 Å². The number of hydrogen-bond donors (Lipinski definition) is 2. The van der Waals surface area contributed by atoms with Crippen LogP contribution in [0.3, 0.4) is 0 Å². The molecule has 1 aliphatic heterocycles. The quantitative estimate of drug-likeness (QED) is 0.793. The second kappa shape index (κ2) is 7.09. The van der Waals surface area contributed by atoms with Crippen molar-refractivity contribution >= 4 is 11.8 Å². The van der Waals surface area contributed by atoms with E-state index in [0.29, 0.717) is 18.2 Å². The standard InChI is InChI=1S/C14H21N3O2/c1-2-19-14(18)11-6-7-13(16-9-11)17-10-12-5-3-4-8-15-12/h6-7,9,12,15H,2-5,8,10H2,1H3,(H,16,17). The van der Waals surface area contributed by atoms with Crippen molar-refractivity contribution in [3.8, 4) is 0 Å². The first-order valence-corrected chi connectivity index (χ1v) is 6.90. The van der Waals surface area contributed by atoms with Crippen LogP contribution in [0.2, 0.25) is 0 Å². The van der Waals surface area contributed by atoms with Gasteiger partial charge in [0.15, 0.2) is 0 Å². The van der Waals surface area contributed by atoms with Crippen LogP contribution in [0, 0.1) is 0 Å². The molecule has 1 aromatic heterocycles. The van der Waals surface area contributed by atoms with Gasteiger partial charge in [-0.3, -0.25) is 0 Å². The van der Waals surface area contributed by atoms with Gasteiger partial charge in [0.1, 0.15) is 5.82 Å². The Morgan fingerprint density at radius 3 is 3.05 bits per heavy atom. The van der Waals surface area contributed by atoms with E-state index in [1.807, 2.05) is 6.07 Å². The van der Waals surface area contributed by atoms with E-state index >= 15 is 0 Å². The smallest absolute Gasteiger partial charge is 0.339 e. The van der Waals surface area contributed by atoms with E-state index in [0.717, 1.165) is 18.9 Å². The van der Waals surface area contributed by atoms with Gasteiger partial charge in [-0.05, 0) is 38.4 Å². The summed E-state index contributed by atoms with van der Waals surface area (Å²) in [5, 5.41) is 6.76. The van der Waals surface area contributed by atoms with Crippen molar-refractivity contribution in [2.45, 2.75) is 32.2 Å². The van der Waals surface area contributed by atoms with Crippen LogP contribution in [0.5, 0.6) is 0 Å². The average molecular weight is 263 g/mol. The maximum atomic E-state index is 11.5. The molecule has 0 aliphatic carbocycles. The minimum atomic E-state index is -0.324. The predicted octanol–water partition coefficient (Wildman–Crippen LogP) is 1.81. The normalized spacial score (nSPS) is 18.9. The molecule has 104 valence electrons. The third-order valence-corrected chi connectivity index (χ3v) is 3.22. The molecular formula is C14H21N3O2. The van der Waals surface area contributed by atoms with Crippen LogP contribution in [0.25, 0.3) is 0 Å². The summed E-state index contributed by atoms with van der Waals surface area (Å²) in [7, 11) is 0. The molecule has 1 saturated heterocycles. The first-order chi connectivity index (χ1) is 9.29. The maximum Gasteiger partial charge on any atom is 0.339 e. The Labute approximate surface area is 113 Å². The van der Waals surface area contributed by atoms with Gasteiger partial charge >= 0.3 is 5.97 Å². The van der Waals surface area contributed by atoms with Gasteiger partial charge in [-0.2, -0.15) is 0 Å². The lowest BCUT2D eigenvalue weighted by Crippen LogP contribution is -2.39. The summed E-state index contributed by atoms with van der Waals surface area (Å²) in [6.07, 6.45) is 5.31. The molecule has 19 heavy (non-hydrogen) atoms. The average Bonchev–Trinajstić information content (AvgIpc) is 2.47. The van der Waals surface area contributed by atoms with Gasteiger partial charge < -0.3 is 15.4 Å². The second-order valence-electron chi connectivity index (χ2n) is 4.68. The lowest BCUT2D eigenvalue weighted by Gasteiger charge is -2.23. The monoisotopic (exact) mass is 263 g/mol. The molecule has 0 saturated carbocycles. The molecule has 0 radical (unpaired) electrons. The molecule has 1 fully saturated rings. The highest BCUT2D eigenvalue weighted by molar-refractivity contribution is 5.89. The van der Waals surface area contributed by atoms with Crippen LogP contribution in [0.4, 0.5) is 5.82 Å². The van der Waals surface area contributed by atoms with E-state index in [1.165, 1.54) is 19.3 Å². The van der Waals surface area contributed by atoms with Crippen LogP contribution in [0.1, 0.15) is 36.5 Å². The topological polar surface area (TPSA) is 63.2 Å². The molecule has 1 unspecified atom stereocenters. The third-order valence-electron chi connectivity index (χ3n) is 3.22. The lowest BCUT2D eigenvalue weighted by molar-refractivity contribution is 0.0526. The highest BCUT2D eigenvalue weighted by atomic mass is 16.5. The molecule has 5 heteroatoms. The summed E-state index contributed by atoms with van der Waals surface area (Å²) in [5.41, 5.74) is 0.489. The number of rotatable bonds is 5. The SMILES string of the molecule is CCOC(=O)c1ccc(NCC2CCCCN2)nc1. The molecule has 2 N–H and O–H groups in total. The van der Waals surface area contributed by atoms with Crippen molar-refractivity contribution < 1.29 is 9.53 Å². The molecule has 0 spiro atoms. The molecule has 1 aromatic rings. The highest BCUT2D eigenvalue weighted by Crippen LogP contribution is 2.10. The van der Waals surface area contributed by atoms with E-state index in [2.05, 4.69) is 15.6 Å². The Kier molecular flexibility index (Phi) is 5.15. The van der Waals surface area contributed by atoms with E-state index in [-0.39, 0.29) is 5.97 Å². The van der Waals surface area contributed by atoms with Crippen molar-refractivity contribution in [2.75, 3.05) is 25.0 Å². The number of aromatic nitrogens is 1. The van der Waals surface area contributed by atoms with Gasteiger partial charge in [-0.25, -0.2) is 9.78 Å². The fraction of sp³-hybridized carbons (Fsp3) is 0.571. The zero-order chi connectivity index (χ0) is 13.5. The summed E-state index contributed by atoms with van der Waals surface area (Å²) in [6, 6.07) is 4.07. The minimum absolute atomic E-state index is 0.324. The molecule has 0 aromatic carbocycles. The van der Waals surface area contributed by atoms with Crippen LogP contribution in [-0.4, -0.2) is 36.7 Å². The zero-order valence-corrected chi connectivity index (χ0v) is 11.3. The first-order valence-electron chi connectivity index (χ1n) is 6.90. The largest absolute Gasteiger partial charge is 0.462 e. The zero-order valence-electron chi connectivity index (χ0n) is 11.3. The summed E-state index contributed by atoms with van der Waals surface area (Å²) >= 11 is 0. The number of nitrogens with zero attached hydrogens (tertiary/aromatic N) is 1. The van der Waals surface area contributed by atoms with Crippen molar-refractivity contribution in [1.29, 1.82) is 0 Å². The summed E-state index contributed by atoms with van der Waals surface area (Å²) in [6.45, 7) is 4.14. The Bertz CT molecular complexity index is 400. The van der Waals surface area contributed by atoms with Gasteiger partial charge in [-0.1, -0.05) is 6.42 Å². The van der Waals surface area contributed by atoms with Crippen LogP contribution in [0.15, 0.2) is 18.3 Å². The number of esters is 1. The van der Waals surface area contributed by atoms with Crippen LogP contribution in [-0.2, 0) is 4.74 Å². The summed E-state index contributed by atoms with van der Waals surface area (Å²) in [5.74, 6) is 0.468. The lowest BCUT2D eigenvalue weighted by atomic mass is 10.1. The number of carbonyl (C=O) groups is 1. The van der Waals surface area contributed by atoms with Crippen molar-refractivity contribution in [3.63, 3.8) is 0 Å². The van der Waals surface area contributed by atoms with Crippen LogP contribution < -0.4 is 10.6 Å². The Hall–Kier alpha value is -1.62. The van der Waals surface area contributed by atoms with Gasteiger partial charge in [0, 0.05) is 18.8 Å². The van der Waals surface area contributed by atoms with Gasteiger partial charge in [0.2, 0.25) is 0 Å². The van der Waals surface area contributed by atoms with Crippen molar-refractivity contribution in [1.82, 2.24) is 10.3 Å². The van der Waals surface area contributed by atoms with Crippen LogP contribution >= 0.6 is 0 Å². The van der Waals surface area contributed by atoms with E-state index < -0.39 is 0 Å². The number of hydrogen-bond acceptors (Lipinski definition) is 5. The van der Waals surface area contributed by atoms with Crippen molar-refractivity contribution in [2.24, 2.45) is 0 Å². The molecule has 1 aliphatic rings. The highest BCUT2D eigenvalue weighted by Gasteiger charge is 2.12. The Morgan fingerprint density at radius 1 is 1.53 bits per heavy atom. The number of anilines is 1. The Morgan fingerprint density at radius 2 is 2.42 bits per heavy atom. The molecule has 0 amide bonds. The molecule has 1 atom stereocenters. The summed E-state index contributed by atoms with van der Waals surface area (Å²) < 4.78 is 4.91. The van der Waals surface area contributed by atoms with E-state index in [9.17, 15) is 4.79 Å². The van der Waals surface area contributed by atoms with E-state index in [4.69, 9.17) is 4.74 Å². The maximum absolute atomic E-state index is 11.5. The first kappa shape index (κ1) is 13.8. The number of piperidine rings is 1. The fourth-order valence-electron chi connectivity index (χ4n) is 2.16. The predicted molar refractivity (Wildman–Crippen MR) is 74.3 cm³/mol. The number of carbonyl (C=O) groups excluding carboxylic acids is 1. The van der Waals surface area contributed by atoms with Gasteiger partial charge in [-0.15, -0.1) is 0 Å².